The molecule has 0 spiro atoms. The van der Waals surface area contributed by atoms with Crippen LogP contribution in [-0.4, -0.2) is 42.2 Å². The Morgan fingerprint density at radius 3 is 2.70 bits per heavy atom. The van der Waals surface area contributed by atoms with Gasteiger partial charge in [-0.05, 0) is 61.2 Å². The van der Waals surface area contributed by atoms with Crippen LogP contribution in [-0.2, 0) is 5.60 Å². The van der Waals surface area contributed by atoms with Crippen LogP contribution in [0.3, 0.4) is 0 Å². The lowest BCUT2D eigenvalue weighted by Crippen LogP contribution is -2.39. The highest BCUT2D eigenvalue weighted by Gasteiger charge is 2.23. The lowest BCUT2D eigenvalue weighted by atomic mass is 10.00. The second-order valence-corrected chi connectivity index (χ2v) is 7.04. The molecule has 6 nitrogen and oxygen atoms in total. The van der Waals surface area contributed by atoms with E-state index in [9.17, 15) is 5.11 Å². The van der Waals surface area contributed by atoms with Gasteiger partial charge in [0.05, 0.1) is 6.54 Å². The summed E-state index contributed by atoms with van der Waals surface area (Å²) in [5.74, 6) is 1.65. The van der Waals surface area contributed by atoms with Crippen LogP contribution in [0, 0.1) is 0 Å². The molecular weight excluding hydrogens is 473 g/mol. The number of pyridine rings is 1. The van der Waals surface area contributed by atoms with Gasteiger partial charge >= 0.3 is 0 Å². The van der Waals surface area contributed by atoms with Crippen LogP contribution in [0.1, 0.15) is 32.3 Å². The van der Waals surface area contributed by atoms with Crippen LogP contribution < -0.4 is 16.0 Å². The third-order valence-electron chi connectivity index (χ3n) is 3.90. The van der Waals surface area contributed by atoms with E-state index in [1.165, 1.54) is 0 Å². The molecule has 150 valence electrons. The number of guanidine groups is 1. The van der Waals surface area contributed by atoms with Gasteiger partial charge in [-0.25, -0.2) is 9.98 Å². The number of hydrogen-bond acceptors (Lipinski definition) is 5. The molecule has 4 N–H and O–H groups in total. The molecule has 8 heteroatoms. The smallest absolute Gasteiger partial charge is 0.191 e. The molecule has 0 amide bonds. The number of nitrogens with one attached hydrogen (secondary N) is 3. The maximum absolute atomic E-state index is 10.6. The maximum atomic E-state index is 10.6. The van der Waals surface area contributed by atoms with Crippen molar-refractivity contribution in [2.75, 3.05) is 31.5 Å². The second-order valence-electron chi connectivity index (χ2n) is 6.26. The summed E-state index contributed by atoms with van der Waals surface area (Å²) in [4.78, 5) is 8.77. The number of aliphatic hydroxyl groups is 1. The Bertz CT molecular complexity index is 649. The van der Waals surface area contributed by atoms with Gasteiger partial charge in [0.2, 0.25) is 0 Å². The molecule has 1 atom stereocenters. The number of aliphatic imine (C=N–C) groups is 1. The monoisotopic (exact) mass is 503 g/mol. The minimum absolute atomic E-state index is 0. The highest BCUT2D eigenvalue weighted by Crippen LogP contribution is 2.23. The van der Waals surface area contributed by atoms with Gasteiger partial charge < -0.3 is 21.1 Å². The molecule has 0 aliphatic rings. The number of nitrogens with zero attached hydrogens (tertiary/aromatic N) is 2. The molecule has 2 aromatic rings. The summed E-state index contributed by atoms with van der Waals surface area (Å²) in [7, 11) is 0. The summed E-state index contributed by atoms with van der Waals surface area (Å²) in [5, 5.41) is 24.4. The second kappa shape index (κ2) is 12.9. The molecule has 0 aliphatic carbocycles. The van der Waals surface area contributed by atoms with E-state index in [0.29, 0.717) is 6.54 Å². The van der Waals surface area contributed by atoms with Gasteiger partial charge in [-0.3, -0.25) is 0 Å². The van der Waals surface area contributed by atoms with Crippen molar-refractivity contribution in [1.29, 1.82) is 0 Å². The number of thiophene rings is 1. The lowest BCUT2D eigenvalue weighted by molar-refractivity contribution is 0.0677. The highest BCUT2D eigenvalue weighted by molar-refractivity contribution is 14.0. The molecule has 0 radical (unpaired) electrons. The summed E-state index contributed by atoms with van der Waals surface area (Å²) in [6.07, 6.45) is 3.84. The fourth-order valence-corrected chi connectivity index (χ4v) is 3.16. The number of hydrogen-bond donors (Lipinski definition) is 4. The molecule has 2 rings (SSSR count). The van der Waals surface area contributed by atoms with Crippen molar-refractivity contribution in [2.45, 2.75) is 32.3 Å². The first kappa shape index (κ1) is 23.6. The van der Waals surface area contributed by atoms with Crippen molar-refractivity contribution in [1.82, 2.24) is 15.6 Å². The van der Waals surface area contributed by atoms with E-state index in [0.717, 1.165) is 49.8 Å². The zero-order valence-corrected chi connectivity index (χ0v) is 19.1. The Kier molecular flexibility index (Phi) is 11.3. The summed E-state index contributed by atoms with van der Waals surface area (Å²) >= 11 is 1.58. The van der Waals surface area contributed by atoms with Crippen LogP contribution in [0.5, 0.6) is 0 Å². The van der Waals surface area contributed by atoms with E-state index in [-0.39, 0.29) is 24.0 Å². The molecule has 0 saturated heterocycles. The number of rotatable bonds is 10. The first-order valence-corrected chi connectivity index (χ1v) is 9.98. The first-order chi connectivity index (χ1) is 12.6. The Balaban J connectivity index is 0.00000364. The number of unbranched alkanes of at least 4 members (excludes halogenated alkanes) is 1. The largest absolute Gasteiger partial charge is 0.383 e. The Morgan fingerprint density at radius 1 is 1.22 bits per heavy atom. The van der Waals surface area contributed by atoms with Crippen LogP contribution >= 0.6 is 35.3 Å². The zero-order valence-electron chi connectivity index (χ0n) is 15.9. The minimum atomic E-state index is -0.949. The van der Waals surface area contributed by atoms with E-state index in [2.05, 4.69) is 25.9 Å². The summed E-state index contributed by atoms with van der Waals surface area (Å²) in [5.41, 5.74) is -0.0442. The van der Waals surface area contributed by atoms with Crippen molar-refractivity contribution in [2.24, 2.45) is 4.99 Å². The predicted molar refractivity (Wildman–Crippen MR) is 125 cm³/mol. The zero-order chi connectivity index (χ0) is 18.7. The minimum Gasteiger partial charge on any atom is -0.383 e. The maximum Gasteiger partial charge on any atom is 0.191 e. The third kappa shape index (κ3) is 8.89. The van der Waals surface area contributed by atoms with Crippen molar-refractivity contribution in [3.8, 4) is 0 Å². The fraction of sp³-hybridized carbons (Fsp3) is 0.474. The molecule has 1 unspecified atom stereocenters. The first-order valence-electron chi connectivity index (χ1n) is 9.04. The van der Waals surface area contributed by atoms with Gasteiger partial charge in [0.15, 0.2) is 5.96 Å². The Labute approximate surface area is 182 Å². The molecule has 0 aromatic carbocycles. The topological polar surface area (TPSA) is 81.6 Å². The number of aromatic nitrogens is 1. The van der Waals surface area contributed by atoms with Crippen molar-refractivity contribution < 1.29 is 5.11 Å². The van der Waals surface area contributed by atoms with Gasteiger partial charge in [-0.2, -0.15) is 11.3 Å². The van der Waals surface area contributed by atoms with Gasteiger partial charge in [0, 0.05) is 25.8 Å². The van der Waals surface area contributed by atoms with Gasteiger partial charge in [-0.1, -0.05) is 6.07 Å². The Morgan fingerprint density at radius 2 is 2.04 bits per heavy atom. The van der Waals surface area contributed by atoms with Gasteiger partial charge in [0.1, 0.15) is 11.4 Å². The quantitative estimate of drug-likeness (QED) is 0.173. The van der Waals surface area contributed by atoms with E-state index in [1.807, 2.05) is 41.9 Å². The van der Waals surface area contributed by atoms with Gasteiger partial charge in [-0.15, -0.1) is 24.0 Å². The lowest BCUT2D eigenvalue weighted by Gasteiger charge is -2.21. The highest BCUT2D eigenvalue weighted by atomic mass is 127. The van der Waals surface area contributed by atoms with Crippen LogP contribution in [0.2, 0.25) is 0 Å². The Hall–Kier alpha value is -1.39. The van der Waals surface area contributed by atoms with Crippen LogP contribution in [0.15, 0.2) is 46.2 Å². The van der Waals surface area contributed by atoms with E-state index in [1.54, 1.807) is 24.5 Å². The average molecular weight is 503 g/mol. The molecular formula is C19H30IN5OS. The van der Waals surface area contributed by atoms with Crippen molar-refractivity contribution in [3.63, 3.8) is 0 Å². The summed E-state index contributed by atoms with van der Waals surface area (Å²) in [6.45, 7) is 6.65. The average Bonchev–Trinajstić information content (AvgIpc) is 3.19. The van der Waals surface area contributed by atoms with Crippen LogP contribution in [0.25, 0.3) is 0 Å². The van der Waals surface area contributed by atoms with E-state index >= 15 is 0 Å². The normalized spacial score (nSPS) is 13.4. The molecule has 0 aliphatic heterocycles. The van der Waals surface area contributed by atoms with E-state index < -0.39 is 5.60 Å². The van der Waals surface area contributed by atoms with Crippen molar-refractivity contribution in [3.05, 3.63) is 46.8 Å². The standard InChI is InChI=1S/C19H29N5OS.HI/c1-3-20-18(24-15-19(2,25)16-9-13-26-14-16)23-12-7-6-11-22-17-8-4-5-10-21-17;/h4-5,8-10,13-14,25H,3,6-7,11-12,15H2,1-2H3,(H,21,22)(H2,20,23,24);1H. The SMILES string of the molecule is CCNC(=NCC(C)(O)c1ccsc1)NCCCCNc1ccccn1.I. The summed E-state index contributed by atoms with van der Waals surface area (Å²) in [6, 6.07) is 7.79. The van der Waals surface area contributed by atoms with Crippen LogP contribution in [0.4, 0.5) is 5.82 Å². The molecule has 0 saturated carbocycles. The van der Waals surface area contributed by atoms with Crippen molar-refractivity contribution >= 4 is 47.1 Å². The van der Waals surface area contributed by atoms with E-state index in [4.69, 9.17) is 0 Å². The molecule has 0 fully saturated rings. The number of anilines is 1. The third-order valence-corrected chi connectivity index (χ3v) is 4.58. The summed E-state index contributed by atoms with van der Waals surface area (Å²) < 4.78 is 0. The molecule has 2 heterocycles. The van der Waals surface area contributed by atoms with Gasteiger partial charge in [0.25, 0.3) is 0 Å². The predicted octanol–water partition coefficient (Wildman–Crippen LogP) is 3.42. The number of halogens is 1. The fourth-order valence-electron chi connectivity index (χ4n) is 2.38. The molecule has 0 bridgehead atoms. The molecule has 2 aromatic heterocycles. The molecule has 27 heavy (non-hydrogen) atoms.